The van der Waals surface area contributed by atoms with E-state index in [0.29, 0.717) is 11.5 Å². The lowest BCUT2D eigenvalue weighted by Gasteiger charge is -2.06. The summed E-state index contributed by atoms with van der Waals surface area (Å²) in [6.07, 6.45) is 0.781. The van der Waals surface area contributed by atoms with E-state index in [9.17, 15) is 0 Å². The van der Waals surface area contributed by atoms with Crippen LogP contribution in [0, 0.1) is 25.2 Å². The van der Waals surface area contributed by atoms with Crippen LogP contribution < -0.4 is 4.74 Å². The fraction of sp³-hybridized carbons (Fsp3) is 0.333. The highest BCUT2D eigenvalue weighted by atomic mass is 32.1. The molecule has 3 nitrogen and oxygen atoms in total. The van der Waals surface area contributed by atoms with Gasteiger partial charge in [0.25, 0.3) is 0 Å². The molecule has 0 fully saturated rings. The minimum atomic E-state index is 0.418. The van der Waals surface area contributed by atoms with E-state index >= 15 is 0 Å². The summed E-state index contributed by atoms with van der Waals surface area (Å²) in [4.78, 5) is 5.12. The number of nitrogens with zero attached hydrogens (tertiary/aromatic N) is 2. The van der Waals surface area contributed by atoms with Crippen molar-refractivity contribution in [3.8, 4) is 11.8 Å². The normalized spacial score (nSPS) is 10.2. The van der Waals surface area contributed by atoms with Crippen LogP contribution in [0.1, 0.15) is 33.6 Å². The molecule has 0 N–H and O–H groups in total. The Balaban J connectivity index is 2.08. The molecule has 1 aromatic heterocycles. The lowest BCUT2D eigenvalue weighted by atomic mass is 10.1. The average Bonchev–Trinajstić information content (AvgIpc) is 2.82. The molecule has 2 rings (SSSR count). The summed E-state index contributed by atoms with van der Waals surface area (Å²) in [5.74, 6) is 0.842. The maximum Gasteiger partial charge on any atom is 0.140 e. The Hall–Kier alpha value is -1.86. The molecule has 0 radical (unpaired) electrons. The molecule has 0 unspecified atom stereocenters. The molecule has 0 spiro atoms. The zero-order chi connectivity index (χ0) is 13.8. The summed E-state index contributed by atoms with van der Waals surface area (Å²) >= 11 is 1.41. The van der Waals surface area contributed by atoms with Crippen LogP contribution in [0.2, 0.25) is 0 Å². The number of rotatable bonds is 4. The van der Waals surface area contributed by atoms with Gasteiger partial charge < -0.3 is 4.74 Å². The zero-order valence-corrected chi connectivity index (χ0v) is 12.2. The van der Waals surface area contributed by atoms with Crippen molar-refractivity contribution in [3.63, 3.8) is 0 Å². The second-order valence-electron chi connectivity index (χ2n) is 4.38. The van der Waals surface area contributed by atoms with Gasteiger partial charge in [-0.15, -0.1) is 11.3 Å². The average molecular weight is 272 g/mol. The molecule has 1 aromatic carbocycles. The molecule has 2 aromatic rings. The van der Waals surface area contributed by atoms with Gasteiger partial charge in [-0.2, -0.15) is 5.26 Å². The highest BCUT2D eigenvalue weighted by molar-refractivity contribution is 7.12. The molecule has 0 amide bonds. The highest BCUT2D eigenvalue weighted by Crippen LogP contribution is 2.21. The largest absolute Gasteiger partial charge is 0.486 e. The molecule has 4 heteroatoms. The van der Waals surface area contributed by atoms with Gasteiger partial charge in [0.1, 0.15) is 28.3 Å². The van der Waals surface area contributed by atoms with E-state index in [1.54, 1.807) is 0 Å². The van der Waals surface area contributed by atoms with Gasteiger partial charge in [-0.05, 0) is 43.5 Å². The molecule has 0 atom stereocenters. The van der Waals surface area contributed by atoms with Crippen molar-refractivity contribution in [1.29, 1.82) is 5.26 Å². The molecule has 98 valence electrons. The second-order valence-corrected chi connectivity index (χ2v) is 5.47. The van der Waals surface area contributed by atoms with Crippen molar-refractivity contribution in [2.24, 2.45) is 0 Å². The first-order valence-corrected chi connectivity index (χ1v) is 7.04. The maximum atomic E-state index is 8.99. The minimum absolute atomic E-state index is 0.418. The van der Waals surface area contributed by atoms with Crippen LogP contribution in [-0.4, -0.2) is 4.98 Å². The number of ether oxygens (including phenoxy) is 1. The van der Waals surface area contributed by atoms with E-state index in [1.807, 2.05) is 25.1 Å². The van der Waals surface area contributed by atoms with Gasteiger partial charge in [-0.25, -0.2) is 4.98 Å². The molecule has 0 saturated carbocycles. The SMILES string of the molecule is CCc1nc(COc2ccc(C)c(C)c2)sc1C#N. The number of hydrogen-bond donors (Lipinski definition) is 0. The molecule has 19 heavy (non-hydrogen) atoms. The van der Waals surface area contributed by atoms with Gasteiger partial charge in [0, 0.05) is 0 Å². The van der Waals surface area contributed by atoms with Crippen molar-refractivity contribution in [2.45, 2.75) is 33.8 Å². The summed E-state index contributed by atoms with van der Waals surface area (Å²) in [5, 5.41) is 9.85. The first-order valence-electron chi connectivity index (χ1n) is 6.22. The molecule has 0 aliphatic rings. The highest BCUT2D eigenvalue weighted by Gasteiger charge is 2.09. The smallest absolute Gasteiger partial charge is 0.140 e. The van der Waals surface area contributed by atoms with Crippen molar-refractivity contribution in [3.05, 3.63) is 44.9 Å². The fourth-order valence-electron chi connectivity index (χ4n) is 1.74. The number of aromatic nitrogens is 1. The van der Waals surface area contributed by atoms with Gasteiger partial charge in [-0.3, -0.25) is 0 Å². The predicted octanol–water partition coefficient (Wildman–Crippen LogP) is 3.77. The molecule has 0 saturated heterocycles. The summed E-state index contributed by atoms with van der Waals surface area (Å²) in [7, 11) is 0. The summed E-state index contributed by atoms with van der Waals surface area (Å²) < 4.78 is 5.72. The van der Waals surface area contributed by atoms with Crippen molar-refractivity contribution < 1.29 is 4.74 Å². The third-order valence-electron chi connectivity index (χ3n) is 3.02. The number of thiazole rings is 1. The fourth-order valence-corrected chi connectivity index (χ4v) is 2.60. The molecular formula is C15H16N2OS. The maximum absolute atomic E-state index is 8.99. The Morgan fingerprint density at radius 1 is 1.32 bits per heavy atom. The molecule has 0 aliphatic heterocycles. The van der Waals surface area contributed by atoms with Crippen LogP contribution in [0.4, 0.5) is 0 Å². The second kappa shape index (κ2) is 5.85. The predicted molar refractivity (Wildman–Crippen MR) is 76.5 cm³/mol. The number of benzene rings is 1. The van der Waals surface area contributed by atoms with Crippen LogP contribution >= 0.6 is 11.3 Å². The van der Waals surface area contributed by atoms with Crippen LogP contribution in [-0.2, 0) is 13.0 Å². The van der Waals surface area contributed by atoms with Crippen LogP contribution in [0.5, 0.6) is 5.75 Å². The van der Waals surface area contributed by atoms with Crippen molar-refractivity contribution in [1.82, 2.24) is 4.98 Å². The Kier molecular flexibility index (Phi) is 4.18. The Morgan fingerprint density at radius 3 is 2.68 bits per heavy atom. The summed E-state index contributed by atoms with van der Waals surface area (Å²) in [6.45, 7) is 6.56. The number of hydrogen-bond acceptors (Lipinski definition) is 4. The third kappa shape index (κ3) is 3.12. The monoisotopic (exact) mass is 272 g/mol. The summed E-state index contributed by atoms with van der Waals surface area (Å²) in [6, 6.07) is 8.21. The lowest BCUT2D eigenvalue weighted by molar-refractivity contribution is 0.305. The van der Waals surface area contributed by atoms with Crippen molar-refractivity contribution >= 4 is 11.3 Å². The Morgan fingerprint density at radius 2 is 2.11 bits per heavy atom. The standard InChI is InChI=1S/C15H16N2OS/c1-4-13-14(8-16)19-15(17-13)9-18-12-6-5-10(2)11(3)7-12/h5-7H,4,9H2,1-3H3. The Bertz CT molecular complexity index is 626. The van der Waals surface area contributed by atoms with E-state index < -0.39 is 0 Å². The first-order chi connectivity index (χ1) is 9.13. The van der Waals surface area contributed by atoms with E-state index in [4.69, 9.17) is 10.00 Å². The van der Waals surface area contributed by atoms with E-state index in [-0.39, 0.29) is 0 Å². The molecule has 0 bridgehead atoms. The quantitative estimate of drug-likeness (QED) is 0.851. The third-order valence-corrected chi connectivity index (χ3v) is 3.99. The van der Waals surface area contributed by atoms with Gasteiger partial charge >= 0.3 is 0 Å². The Labute approximate surface area is 117 Å². The van der Waals surface area contributed by atoms with Crippen LogP contribution in [0.3, 0.4) is 0 Å². The van der Waals surface area contributed by atoms with Gasteiger partial charge in [-0.1, -0.05) is 13.0 Å². The molecule has 0 aliphatic carbocycles. The van der Waals surface area contributed by atoms with Crippen molar-refractivity contribution in [2.75, 3.05) is 0 Å². The van der Waals surface area contributed by atoms with Crippen LogP contribution in [0.15, 0.2) is 18.2 Å². The first kappa shape index (κ1) is 13.6. The van der Waals surface area contributed by atoms with E-state index in [0.717, 1.165) is 22.9 Å². The van der Waals surface area contributed by atoms with Gasteiger partial charge in [0.2, 0.25) is 0 Å². The summed E-state index contributed by atoms with van der Waals surface area (Å²) in [5.41, 5.74) is 3.33. The minimum Gasteiger partial charge on any atom is -0.486 e. The number of nitriles is 1. The van der Waals surface area contributed by atoms with E-state index in [1.165, 1.54) is 22.5 Å². The zero-order valence-electron chi connectivity index (χ0n) is 11.4. The van der Waals surface area contributed by atoms with Gasteiger partial charge in [0.05, 0.1) is 5.69 Å². The molecular weight excluding hydrogens is 256 g/mol. The van der Waals surface area contributed by atoms with Crippen LogP contribution in [0.25, 0.3) is 0 Å². The lowest BCUT2D eigenvalue weighted by Crippen LogP contribution is -1.96. The number of aryl methyl sites for hydroxylation is 3. The topological polar surface area (TPSA) is 45.9 Å². The molecule has 1 heterocycles. The van der Waals surface area contributed by atoms with E-state index in [2.05, 4.69) is 24.9 Å². The van der Waals surface area contributed by atoms with Gasteiger partial charge in [0.15, 0.2) is 0 Å².